The van der Waals surface area contributed by atoms with Crippen LogP contribution in [0, 0.1) is 0 Å². The molecule has 0 heterocycles. The molecule has 0 aromatic heterocycles. The lowest BCUT2D eigenvalue weighted by Crippen LogP contribution is -1.91. The summed E-state index contributed by atoms with van der Waals surface area (Å²) in [5, 5.41) is 0. The number of carbonyl (C=O) groups is 1. The first-order valence-corrected chi connectivity index (χ1v) is 6.14. The summed E-state index contributed by atoms with van der Waals surface area (Å²) in [6, 6.07) is 7.88. The van der Waals surface area contributed by atoms with Crippen LogP contribution in [0.3, 0.4) is 0 Å². The quantitative estimate of drug-likeness (QED) is 0.698. The Bertz CT molecular complexity index is 488. The Labute approximate surface area is 103 Å². The van der Waals surface area contributed by atoms with Crippen LogP contribution < -0.4 is 0 Å². The zero-order valence-electron chi connectivity index (χ0n) is 10.5. The molecule has 1 aliphatic carbocycles. The Balaban J connectivity index is 2.51. The van der Waals surface area contributed by atoms with Crippen molar-refractivity contribution in [3.63, 3.8) is 0 Å². The average molecular weight is 226 g/mol. The minimum absolute atomic E-state index is 0.809. The van der Waals surface area contributed by atoms with E-state index in [0.29, 0.717) is 0 Å². The van der Waals surface area contributed by atoms with Gasteiger partial charge in [0.15, 0.2) is 6.29 Å². The van der Waals surface area contributed by atoms with Crippen molar-refractivity contribution in [2.75, 3.05) is 0 Å². The fourth-order valence-electron chi connectivity index (χ4n) is 2.46. The molecular weight excluding hydrogens is 208 g/mol. The molecule has 88 valence electrons. The van der Waals surface area contributed by atoms with Crippen LogP contribution in [0.5, 0.6) is 0 Å². The van der Waals surface area contributed by atoms with Gasteiger partial charge in [-0.25, -0.2) is 0 Å². The van der Waals surface area contributed by atoms with Crippen LogP contribution in [0.4, 0.5) is 0 Å². The molecule has 0 unspecified atom stereocenters. The van der Waals surface area contributed by atoms with E-state index in [1.54, 1.807) is 0 Å². The van der Waals surface area contributed by atoms with Crippen molar-refractivity contribution in [1.29, 1.82) is 0 Å². The number of aldehydes is 1. The standard InChI is InChI=1S/C16H18O/c1-12(2)10-13-7-5-9-15(13)16-8-4-3-6-14(16)11-17/h3-4,6,8,10-11H,5,7,9H2,1-2H3. The molecule has 1 aromatic rings. The van der Waals surface area contributed by atoms with Crippen molar-refractivity contribution >= 4 is 11.9 Å². The third-order valence-electron chi connectivity index (χ3n) is 3.14. The highest BCUT2D eigenvalue weighted by atomic mass is 16.1. The molecule has 0 bridgehead atoms. The molecule has 0 spiro atoms. The second-order valence-corrected chi connectivity index (χ2v) is 4.78. The Hall–Kier alpha value is -1.63. The van der Waals surface area contributed by atoms with Gasteiger partial charge < -0.3 is 0 Å². The number of allylic oxidation sites excluding steroid dienone is 4. The van der Waals surface area contributed by atoms with E-state index in [1.165, 1.54) is 23.1 Å². The highest BCUT2D eigenvalue weighted by Crippen LogP contribution is 2.36. The van der Waals surface area contributed by atoms with Crippen molar-refractivity contribution < 1.29 is 4.79 Å². The fraction of sp³-hybridized carbons (Fsp3) is 0.312. The Morgan fingerprint density at radius 3 is 2.65 bits per heavy atom. The van der Waals surface area contributed by atoms with E-state index in [4.69, 9.17) is 0 Å². The molecule has 0 saturated heterocycles. The highest BCUT2D eigenvalue weighted by molar-refractivity contribution is 5.87. The molecule has 2 rings (SSSR count). The molecule has 0 aliphatic heterocycles. The number of hydrogen-bond donors (Lipinski definition) is 0. The summed E-state index contributed by atoms with van der Waals surface area (Å²) in [6.45, 7) is 4.24. The molecule has 1 aromatic carbocycles. The first-order chi connectivity index (χ1) is 8.22. The maximum Gasteiger partial charge on any atom is 0.150 e. The van der Waals surface area contributed by atoms with Gasteiger partial charge in [0.05, 0.1) is 0 Å². The van der Waals surface area contributed by atoms with Gasteiger partial charge in [0.1, 0.15) is 0 Å². The van der Waals surface area contributed by atoms with Crippen molar-refractivity contribution in [2.45, 2.75) is 33.1 Å². The van der Waals surface area contributed by atoms with E-state index in [0.717, 1.165) is 30.3 Å². The number of hydrogen-bond acceptors (Lipinski definition) is 1. The van der Waals surface area contributed by atoms with Crippen LogP contribution >= 0.6 is 0 Å². The van der Waals surface area contributed by atoms with Crippen LogP contribution in [0.1, 0.15) is 49.0 Å². The van der Waals surface area contributed by atoms with Gasteiger partial charge in [-0.05, 0) is 49.8 Å². The molecular formula is C16H18O. The van der Waals surface area contributed by atoms with Gasteiger partial charge in [-0.1, -0.05) is 35.9 Å². The van der Waals surface area contributed by atoms with E-state index in [9.17, 15) is 4.79 Å². The lowest BCUT2D eigenvalue weighted by molar-refractivity contribution is 0.112. The molecule has 0 saturated carbocycles. The van der Waals surface area contributed by atoms with Gasteiger partial charge in [0, 0.05) is 5.56 Å². The third kappa shape index (κ3) is 2.55. The SMILES string of the molecule is CC(C)=CC1=C(c2ccccc2C=O)CCC1. The largest absolute Gasteiger partial charge is 0.298 e. The fourth-order valence-corrected chi connectivity index (χ4v) is 2.46. The van der Waals surface area contributed by atoms with Gasteiger partial charge in [0.25, 0.3) is 0 Å². The lowest BCUT2D eigenvalue weighted by Gasteiger charge is -2.08. The second kappa shape index (κ2) is 5.13. The zero-order chi connectivity index (χ0) is 12.3. The number of benzene rings is 1. The number of rotatable bonds is 3. The molecule has 1 nitrogen and oxygen atoms in total. The Morgan fingerprint density at radius 2 is 1.94 bits per heavy atom. The normalized spacial score (nSPS) is 14.9. The summed E-state index contributed by atoms with van der Waals surface area (Å²) in [4.78, 5) is 11.1. The van der Waals surface area contributed by atoms with E-state index in [1.807, 2.05) is 18.2 Å². The van der Waals surface area contributed by atoms with Crippen molar-refractivity contribution in [2.24, 2.45) is 0 Å². The molecule has 0 radical (unpaired) electrons. The summed E-state index contributed by atoms with van der Waals surface area (Å²) >= 11 is 0. The van der Waals surface area contributed by atoms with Crippen LogP contribution in [0.25, 0.3) is 5.57 Å². The molecule has 1 aliphatic rings. The molecule has 0 atom stereocenters. The summed E-state index contributed by atoms with van der Waals surface area (Å²) in [5.41, 5.74) is 6.01. The Morgan fingerprint density at radius 1 is 1.18 bits per heavy atom. The molecule has 17 heavy (non-hydrogen) atoms. The smallest absolute Gasteiger partial charge is 0.150 e. The maximum absolute atomic E-state index is 11.1. The summed E-state index contributed by atoms with van der Waals surface area (Å²) in [6.07, 6.45) is 6.63. The van der Waals surface area contributed by atoms with Gasteiger partial charge in [-0.15, -0.1) is 0 Å². The zero-order valence-corrected chi connectivity index (χ0v) is 10.5. The minimum Gasteiger partial charge on any atom is -0.298 e. The van der Waals surface area contributed by atoms with E-state index < -0.39 is 0 Å². The van der Waals surface area contributed by atoms with Crippen LogP contribution in [0.15, 0.2) is 41.5 Å². The molecule has 0 N–H and O–H groups in total. The van der Waals surface area contributed by atoms with Crippen LogP contribution in [-0.2, 0) is 0 Å². The van der Waals surface area contributed by atoms with Gasteiger partial charge >= 0.3 is 0 Å². The van der Waals surface area contributed by atoms with Crippen molar-refractivity contribution in [3.8, 4) is 0 Å². The van der Waals surface area contributed by atoms with Gasteiger partial charge in [0.2, 0.25) is 0 Å². The second-order valence-electron chi connectivity index (χ2n) is 4.78. The molecule has 0 fully saturated rings. The minimum atomic E-state index is 0.809. The van der Waals surface area contributed by atoms with Crippen molar-refractivity contribution in [3.05, 3.63) is 52.6 Å². The lowest BCUT2D eigenvalue weighted by atomic mass is 9.97. The molecule has 1 heteroatoms. The Kier molecular flexibility index (Phi) is 3.58. The topological polar surface area (TPSA) is 17.1 Å². The highest BCUT2D eigenvalue weighted by Gasteiger charge is 2.16. The summed E-state index contributed by atoms with van der Waals surface area (Å²) in [5.74, 6) is 0. The predicted molar refractivity (Wildman–Crippen MR) is 72.0 cm³/mol. The van der Waals surface area contributed by atoms with Crippen molar-refractivity contribution in [1.82, 2.24) is 0 Å². The monoisotopic (exact) mass is 226 g/mol. The summed E-state index contributed by atoms with van der Waals surface area (Å²) in [7, 11) is 0. The predicted octanol–water partition coefficient (Wildman–Crippen LogP) is 4.40. The van der Waals surface area contributed by atoms with Crippen LogP contribution in [-0.4, -0.2) is 6.29 Å². The number of carbonyl (C=O) groups excluding carboxylic acids is 1. The van der Waals surface area contributed by atoms with Crippen LogP contribution in [0.2, 0.25) is 0 Å². The van der Waals surface area contributed by atoms with E-state index >= 15 is 0 Å². The molecule has 0 amide bonds. The first-order valence-electron chi connectivity index (χ1n) is 6.14. The summed E-state index contributed by atoms with van der Waals surface area (Å²) < 4.78 is 0. The third-order valence-corrected chi connectivity index (χ3v) is 3.14. The van der Waals surface area contributed by atoms with E-state index in [-0.39, 0.29) is 0 Å². The maximum atomic E-state index is 11.1. The van der Waals surface area contributed by atoms with E-state index in [2.05, 4.69) is 26.0 Å². The van der Waals surface area contributed by atoms with Gasteiger partial charge in [-0.3, -0.25) is 4.79 Å². The van der Waals surface area contributed by atoms with Gasteiger partial charge in [-0.2, -0.15) is 0 Å². The first kappa shape index (κ1) is 11.8. The average Bonchev–Trinajstić information content (AvgIpc) is 2.76.